The number of ether oxygens (including phenoxy) is 2. The number of nitrogens with zero attached hydrogens (tertiary/aromatic N) is 2. The number of oxazole rings is 1. The molecule has 3 heterocycles. The fourth-order valence-corrected chi connectivity index (χ4v) is 4.44. The number of likely N-dealkylation sites (tertiary alicyclic amines) is 1. The lowest BCUT2D eigenvalue weighted by Gasteiger charge is -2.29. The van der Waals surface area contributed by atoms with E-state index in [1.807, 2.05) is 47.4 Å². The number of carbonyl (C=O) groups excluding carboxylic acids is 1. The van der Waals surface area contributed by atoms with Gasteiger partial charge in [-0.15, -0.1) is 0 Å². The molecule has 31 heavy (non-hydrogen) atoms. The molecule has 160 valence electrons. The maximum atomic E-state index is 12.8. The highest BCUT2D eigenvalue weighted by Gasteiger charge is 2.26. The zero-order valence-corrected chi connectivity index (χ0v) is 17.8. The van der Waals surface area contributed by atoms with Crippen LogP contribution in [0.2, 0.25) is 0 Å². The van der Waals surface area contributed by atoms with Crippen molar-refractivity contribution < 1.29 is 18.7 Å². The summed E-state index contributed by atoms with van der Waals surface area (Å²) in [5.41, 5.74) is 3.71. The van der Waals surface area contributed by atoms with Crippen LogP contribution in [0.4, 0.5) is 0 Å². The smallest absolute Gasteiger partial charge is 0.246 e. The van der Waals surface area contributed by atoms with E-state index in [0.717, 1.165) is 58.9 Å². The van der Waals surface area contributed by atoms with Crippen LogP contribution in [0.5, 0.6) is 11.5 Å². The zero-order valence-electron chi connectivity index (χ0n) is 17.8. The summed E-state index contributed by atoms with van der Waals surface area (Å²) in [6.07, 6.45) is 6.19. The Kier molecular flexibility index (Phi) is 5.14. The number of methoxy groups -OCH3 is 1. The molecule has 0 bridgehead atoms. The summed E-state index contributed by atoms with van der Waals surface area (Å²) < 4.78 is 17.3. The van der Waals surface area contributed by atoms with Crippen molar-refractivity contribution in [1.29, 1.82) is 0 Å². The van der Waals surface area contributed by atoms with E-state index in [1.165, 1.54) is 0 Å². The summed E-state index contributed by atoms with van der Waals surface area (Å²) in [7, 11) is 1.65. The van der Waals surface area contributed by atoms with Gasteiger partial charge in [0.1, 0.15) is 23.1 Å². The van der Waals surface area contributed by atoms with E-state index in [9.17, 15) is 4.79 Å². The zero-order chi connectivity index (χ0) is 21.4. The van der Waals surface area contributed by atoms with Gasteiger partial charge in [0.15, 0.2) is 11.5 Å². The van der Waals surface area contributed by atoms with Crippen molar-refractivity contribution in [2.45, 2.75) is 38.2 Å². The predicted molar refractivity (Wildman–Crippen MR) is 118 cm³/mol. The fraction of sp³-hybridized carbons (Fsp3) is 0.360. The standard InChI is InChI=1S/C25H26N2O4/c1-16-13-19-15-22(29-2)18(14-23(19)30-16)7-8-24(28)27-11-9-17(10-12-27)25-26-20-5-3-4-6-21(20)31-25/h3-8,14-17H,9-13H2,1-2H3/b8-7+. The number of piperidine rings is 1. The van der Waals surface area contributed by atoms with E-state index in [4.69, 9.17) is 13.9 Å². The van der Waals surface area contributed by atoms with Crippen LogP contribution in [-0.4, -0.2) is 42.1 Å². The van der Waals surface area contributed by atoms with Crippen LogP contribution in [0.3, 0.4) is 0 Å². The van der Waals surface area contributed by atoms with Crippen molar-refractivity contribution in [3.05, 3.63) is 59.5 Å². The highest BCUT2D eigenvalue weighted by Crippen LogP contribution is 2.36. The number of carbonyl (C=O) groups is 1. The fourth-order valence-electron chi connectivity index (χ4n) is 4.44. The Hall–Kier alpha value is -3.28. The van der Waals surface area contributed by atoms with E-state index in [0.29, 0.717) is 13.1 Å². The molecule has 1 amide bonds. The maximum Gasteiger partial charge on any atom is 0.246 e. The highest BCUT2D eigenvalue weighted by atomic mass is 16.5. The molecule has 0 radical (unpaired) electrons. The van der Waals surface area contributed by atoms with E-state index >= 15 is 0 Å². The molecule has 5 rings (SSSR count). The molecule has 0 saturated carbocycles. The Morgan fingerprint density at radius 2 is 2.03 bits per heavy atom. The molecule has 2 aliphatic heterocycles. The first-order valence-corrected chi connectivity index (χ1v) is 10.8. The summed E-state index contributed by atoms with van der Waals surface area (Å²) in [5, 5.41) is 0. The number of hydrogen-bond donors (Lipinski definition) is 0. The van der Waals surface area contributed by atoms with Crippen molar-refractivity contribution in [3.63, 3.8) is 0 Å². The van der Waals surface area contributed by atoms with Gasteiger partial charge in [0.25, 0.3) is 0 Å². The highest BCUT2D eigenvalue weighted by molar-refractivity contribution is 5.92. The van der Waals surface area contributed by atoms with Gasteiger partial charge in [0.05, 0.1) is 7.11 Å². The first-order valence-electron chi connectivity index (χ1n) is 10.8. The second-order valence-electron chi connectivity index (χ2n) is 8.29. The predicted octanol–water partition coefficient (Wildman–Crippen LogP) is 4.58. The van der Waals surface area contributed by atoms with E-state index < -0.39 is 0 Å². The SMILES string of the molecule is COc1cc2c(cc1/C=C/C(=O)N1CCC(c3nc4ccccc4o3)CC1)OC(C)C2. The van der Waals surface area contributed by atoms with Gasteiger partial charge < -0.3 is 18.8 Å². The van der Waals surface area contributed by atoms with Crippen LogP contribution < -0.4 is 9.47 Å². The van der Waals surface area contributed by atoms with Crippen LogP contribution in [0.15, 0.2) is 46.9 Å². The van der Waals surface area contributed by atoms with Gasteiger partial charge in [-0.2, -0.15) is 0 Å². The summed E-state index contributed by atoms with van der Waals surface area (Å²) in [5.74, 6) is 2.67. The van der Waals surface area contributed by atoms with Crippen molar-refractivity contribution in [2.75, 3.05) is 20.2 Å². The molecule has 0 N–H and O–H groups in total. The molecule has 6 nitrogen and oxygen atoms in total. The Labute approximate surface area is 181 Å². The van der Waals surface area contributed by atoms with Gasteiger partial charge in [0.2, 0.25) is 5.91 Å². The lowest BCUT2D eigenvalue weighted by atomic mass is 9.96. The molecule has 1 aromatic heterocycles. The molecule has 2 aliphatic rings. The average molecular weight is 418 g/mol. The number of hydrogen-bond acceptors (Lipinski definition) is 5. The van der Waals surface area contributed by atoms with Gasteiger partial charge >= 0.3 is 0 Å². The summed E-state index contributed by atoms with van der Waals surface area (Å²) in [6.45, 7) is 3.43. The molecule has 6 heteroatoms. The molecule has 1 fully saturated rings. The minimum Gasteiger partial charge on any atom is -0.496 e. The summed E-state index contributed by atoms with van der Waals surface area (Å²) >= 11 is 0. The van der Waals surface area contributed by atoms with E-state index in [-0.39, 0.29) is 17.9 Å². The normalized spacial score (nSPS) is 19.0. The van der Waals surface area contributed by atoms with Gasteiger partial charge in [-0.05, 0) is 50.1 Å². The number of amides is 1. The van der Waals surface area contributed by atoms with Gasteiger partial charge in [0, 0.05) is 42.6 Å². The molecule has 0 spiro atoms. The van der Waals surface area contributed by atoms with Crippen LogP contribution in [0, 0.1) is 0 Å². The average Bonchev–Trinajstić information content (AvgIpc) is 3.38. The molecule has 1 atom stereocenters. The van der Waals surface area contributed by atoms with Crippen molar-refractivity contribution in [1.82, 2.24) is 9.88 Å². The van der Waals surface area contributed by atoms with Crippen LogP contribution in [0.25, 0.3) is 17.2 Å². The van der Waals surface area contributed by atoms with Gasteiger partial charge in [-0.25, -0.2) is 4.98 Å². The topological polar surface area (TPSA) is 64.8 Å². The third kappa shape index (κ3) is 3.90. The number of benzene rings is 2. The molecule has 3 aromatic rings. The number of rotatable bonds is 4. The largest absolute Gasteiger partial charge is 0.496 e. The van der Waals surface area contributed by atoms with Crippen molar-refractivity contribution in [3.8, 4) is 11.5 Å². The second-order valence-corrected chi connectivity index (χ2v) is 8.29. The van der Waals surface area contributed by atoms with Crippen LogP contribution in [0.1, 0.15) is 42.7 Å². The molecule has 1 saturated heterocycles. The van der Waals surface area contributed by atoms with Crippen LogP contribution >= 0.6 is 0 Å². The van der Waals surface area contributed by atoms with E-state index in [2.05, 4.69) is 11.9 Å². The molecule has 2 aromatic carbocycles. The molecule has 1 unspecified atom stereocenters. The number of fused-ring (bicyclic) bond motifs is 2. The quantitative estimate of drug-likeness (QED) is 0.581. The monoisotopic (exact) mass is 418 g/mol. The molecular formula is C25H26N2O4. The van der Waals surface area contributed by atoms with E-state index in [1.54, 1.807) is 13.2 Å². The summed E-state index contributed by atoms with van der Waals surface area (Å²) in [6, 6.07) is 11.8. The first-order chi connectivity index (χ1) is 15.1. The van der Waals surface area contributed by atoms with Gasteiger partial charge in [-0.1, -0.05) is 12.1 Å². The van der Waals surface area contributed by atoms with Crippen LogP contribution in [-0.2, 0) is 11.2 Å². The summed E-state index contributed by atoms with van der Waals surface area (Å²) in [4.78, 5) is 19.3. The second kappa shape index (κ2) is 8.10. The Morgan fingerprint density at radius 3 is 2.81 bits per heavy atom. The Morgan fingerprint density at radius 1 is 1.23 bits per heavy atom. The molecular weight excluding hydrogens is 392 g/mol. The minimum atomic E-state index is 0.00727. The van der Waals surface area contributed by atoms with Crippen molar-refractivity contribution in [2.24, 2.45) is 0 Å². The van der Waals surface area contributed by atoms with Crippen molar-refractivity contribution >= 4 is 23.1 Å². The van der Waals surface area contributed by atoms with Gasteiger partial charge in [-0.3, -0.25) is 4.79 Å². The number of para-hydroxylation sites is 2. The lowest BCUT2D eigenvalue weighted by molar-refractivity contribution is -0.127. The number of aromatic nitrogens is 1. The maximum absolute atomic E-state index is 12.8. The molecule has 0 aliphatic carbocycles. The first kappa shape index (κ1) is 19.7. The third-order valence-electron chi connectivity index (χ3n) is 6.12. The minimum absolute atomic E-state index is 0.00727. The third-order valence-corrected chi connectivity index (χ3v) is 6.12. The lowest BCUT2D eigenvalue weighted by Crippen LogP contribution is -2.36. The Balaban J connectivity index is 1.24. The Bertz CT molecular complexity index is 1110.